The van der Waals surface area contributed by atoms with Crippen LogP contribution in [0.25, 0.3) is 0 Å². The zero-order valence-corrected chi connectivity index (χ0v) is 8.23. The van der Waals surface area contributed by atoms with Crippen molar-refractivity contribution in [3.8, 4) is 0 Å². The van der Waals surface area contributed by atoms with Gasteiger partial charge in [-0.3, -0.25) is 4.79 Å². The maximum Gasteiger partial charge on any atom is 0.275 e. The Morgan fingerprint density at radius 1 is 1.71 bits per heavy atom. The highest BCUT2D eigenvalue weighted by molar-refractivity contribution is 5.91. The molecular formula is C9H14N4O. The SMILES string of the molecule is CN(CC1CCC1)C(=O)c1cn[nH]n1. The van der Waals surface area contributed by atoms with E-state index < -0.39 is 0 Å². The molecule has 1 fully saturated rings. The molecule has 1 aromatic heterocycles. The summed E-state index contributed by atoms with van der Waals surface area (Å²) in [5.41, 5.74) is 0.395. The van der Waals surface area contributed by atoms with Crippen LogP contribution in [0.1, 0.15) is 29.8 Å². The lowest BCUT2D eigenvalue weighted by atomic mass is 9.85. The van der Waals surface area contributed by atoms with E-state index in [4.69, 9.17) is 0 Å². The second-order valence-corrected chi connectivity index (χ2v) is 3.84. The molecule has 1 aliphatic rings. The van der Waals surface area contributed by atoms with Crippen molar-refractivity contribution in [2.45, 2.75) is 19.3 Å². The van der Waals surface area contributed by atoms with Crippen molar-refractivity contribution in [1.82, 2.24) is 20.3 Å². The minimum absolute atomic E-state index is 0.0503. The van der Waals surface area contributed by atoms with Gasteiger partial charge in [-0.1, -0.05) is 6.42 Å². The highest BCUT2D eigenvalue weighted by Gasteiger charge is 2.22. The van der Waals surface area contributed by atoms with Crippen molar-refractivity contribution < 1.29 is 4.79 Å². The zero-order chi connectivity index (χ0) is 9.97. The molecule has 1 saturated carbocycles. The van der Waals surface area contributed by atoms with Crippen molar-refractivity contribution in [2.24, 2.45) is 5.92 Å². The van der Waals surface area contributed by atoms with Gasteiger partial charge < -0.3 is 4.90 Å². The lowest BCUT2D eigenvalue weighted by molar-refractivity contribution is 0.0739. The summed E-state index contributed by atoms with van der Waals surface area (Å²) in [5, 5.41) is 9.82. The standard InChI is InChI=1S/C9H14N4O/c1-13(6-7-3-2-4-7)9(14)8-5-10-12-11-8/h5,7H,2-4,6H2,1H3,(H,10,11,12). The molecule has 0 bridgehead atoms. The van der Waals surface area contributed by atoms with Gasteiger partial charge in [-0.05, 0) is 18.8 Å². The van der Waals surface area contributed by atoms with Crippen LogP contribution >= 0.6 is 0 Å². The fourth-order valence-corrected chi connectivity index (χ4v) is 1.65. The van der Waals surface area contributed by atoms with E-state index in [2.05, 4.69) is 15.4 Å². The molecule has 0 unspecified atom stereocenters. The minimum atomic E-state index is -0.0503. The van der Waals surface area contributed by atoms with E-state index >= 15 is 0 Å². The van der Waals surface area contributed by atoms with Crippen molar-refractivity contribution >= 4 is 5.91 Å². The maximum absolute atomic E-state index is 11.7. The summed E-state index contributed by atoms with van der Waals surface area (Å²) in [7, 11) is 1.81. The van der Waals surface area contributed by atoms with Crippen LogP contribution in [-0.2, 0) is 0 Å². The molecule has 1 N–H and O–H groups in total. The quantitative estimate of drug-likeness (QED) is 0.769. The average molecular weight is 194 g/mol. The van der Waals surface area contributed by atoms with Crippen LogP contribution in [0.4, 0.5) is 0 Å². The summed E-state index contributed by atoms with van der Waals surface area (Å²) >= 11 is 0. The van der Waals surface area contributed by atoms with E-state index in [0.717, 1.165) is 6.54 Å². The summed E-state index contributed by atoms with van der Waals surface area (Å²) in [4.78, 5) is 13.4. The van der Waals surface area contributed by atoms with Crippen LogP contribution in [0.15, 0.2) is 6.20 Å². The molecule has 14 heavy (non-hydrogen) atoms. The molecule has 0 aliphatic heterocycles. The first kappa shape index (κ1) is 9.18. The Balaban J connectivity index is 1.90. The van der Waals surface area contributed by atoms with E-state index in [1.807, 2.05) is 7.05 Å². The van der Waals surface area contributed by atoms with Gasteiger partial charge in [0.15, 0.2) is 5.69 Å². The highest BCUT2D eigenvalue weighted by Crippen LogP contribution is 2.26. The van der Waals surface area contributed by atoms with Crippen molar-refractivity contribution in [3.63, 3.8) is 0 Å². The molecule has 0 aromatic carbocycles. The number of aromatic nitrogens is 3. The maximum atomic E-state index is 11.7. The van der Waals surface area contributed by atoms with Crippen LogP contribution in [0, 0.1) is 5.92 Å². The normalized spacial score (nSPS) is 16.4. The number of hydrogen-bond acceptors (Lipinski definition) is 3. The predicted octanol–water partition coefficient (Wildman–Crippen LogP) is 0.677. The molecule has 0 saturated heterocycles. The Kier molecular flexibility index (Phi) is 2.47. The third kappa shape index (κ3) is 1.76. The molecule has 2 rings (SSSR count). The Morgan fingerprint density at radius 3 is 3.00 bits per heavy atom. The second kappa shape index (κ2) is 3.77. The van der Waals surface area contributed by atoms with E-state index in [-0.39, 0.29) is 5.91 Å². The summed E-state index contributed by atoms with van der Waals surface area (Å²) in [5.74, 6) is 0.640. The highest BCUT2D eigenvalue weighted by atomic mass is 16.2. The summed E-state index contributed by atoms with van der Waals surface area (Å²) in [6, 6.07) is 0. The van der Waals surface area contributed by atoms with Crippen LogP contribution in [0.5, 0.6) is 0 Å². The van der Waals surface area contributed by atoms with Crippen LogP contribution in [0.3, 0.4) is 0 Å². The molecule has 1 amide bonds. The van der Waals surface area contributed by atoms with Gasteiger partial charge in [0, 0.05) is 13.6 Å². The first-order valence-electron chi connectivity index (χ1n) is 4.88. The van der Waals surface area contributed by atoms with Crippen LogP contribution in [0.2, 0.25) is 0 Å². The van der Waals surface area contributed by atoms with Gasteiger partial charge in [0.25, 0.3) is 5.91 Å². The largest absolute Gasteiger partial charge is 0.340 e. The molecular weight excluding hydrogens is 180 g/mol. The molecule has 76 valence electrons. The Hall–Kier alpha value is -1.39. The first-order chi connectivity index (χ1) is 6.77. The van der Waals surface area contributed by atoms with E-state index in [1.165, 1.54) is 25.5 Å². The molecule has 0 atom stereocenters. The van der Waals surface area contributed by atoms with Crippen molar-refractivity contribution in [2.75, 3.05) is 13.6 Å². The number of amides is 1. The third-order valence-electron chi connectivity index (χ3n) is 2.74. The molecule has 0 radical (unpaired) electrons. The summed E-state index contributed by atoms with van der Waals surface area (Å²) in [6.45, 7) is 0.839. The number of carbonyl (C=O) groups excluding carboxylic acids is 1. The average Bonchev–Trinajstić information content (AvgIpc) is 2.62. The number of H-pyrrole nitrogens is 1. The fourth-order valence-electron chi connectivity index (χ4n) is 1.65. The van der Waals surface area contributed by atoms with Gasteiger partial charge in [-0.15, -0.1) is 0 Å². The molecule has 1 aliphatic carbocycles. The Bertz CT molecular complexity index is 305. The predicted molar refractivity (Wildman–Crippen MR) is 50.7 cm³/mol. The number of hydrogen-bond donors (Lipinski definition) is 1. The second-order valence-electron chi connectivity index (χ2n) is 3.84. The third-order valence-corrected chi connectivity index (χ3v) is 2.74. The van der Waals surface area contributed by atoms with E-state index in [0.29, 0.717) is 11.6 Å². The number of nitrogens with one attached hydrogen (secondary N) is 1. The topological polar surface area (TPSA) is 61.9 Å². The Morgan fingerprint density at radius 2 is 2.50 bits per heavy atom. The van der Waals surface area contributed by atoms with Crippen molar-refractivity contribution in [1.29, 1.82) is 0 Å². The summed E-state index contributed by atoms with van der Waals surface area (Å²) < 4.78 is 0. The molecule has 1 aromatic rings. The first-order valence-corrected chi connectivity index (χ1v) is 4.88. The lowest BCUT2D eigenvalue weighted by Crippen LogP contribution is -2.34. The van der Waals surface area contributed by atoms with E-state index in [1.54, 1.807) is 4.90 Å². The van der Waals surface area contributed by atoms with Gasteiger partial charge in [0.2, 0.25) is 0 Å². The lowest BCUT2D eigenvalue weighted by Gasteiger charge is -2.29. The number of aromatic amines is 1. The Labute approximate surface area is 82.5 Å². The smallest absolute Gasteiger partial charge is 0.275 e. The number of carbonyl (C=O) groups is 1. The van der Waals surface area contributed by atoms with Gasteiger partial charge in [-0.2, -0.15) is 15.4 Å². The van der Waals surface area contributed by atoms with Crippen LogP contribution < -0.4 is 0 Å². The minimum Gasteiger partial charge on any atom is -0.340 e. The van der Waals surface area contributed by atoms with Gasteiger partial charge in [-0.25, -0.2) is 0 Å². The monoisotopic (exact) mass is 194 g/mol. The van der Waals surface area contributed by atoms with Gasteiger partial charge in [0.1, 0.15) is 0 Å². The van der Waals surface area contributed by atoms with Crippen LogP contribution in [-0.4, -0.2) is 39.8 Å². The molecule has 1 heterocycles. The molecule has 5 heteroatoms. The zero-order valence-electron chi connectivity index (χ0n) is 8.23. The van der Waals surface area contributed by atoms with Crippen molar-refractivity contribution in [3.05, 3.63) is 11.9 Å². The fraction of sp³-hybridized carbons (Fsp3) is 0.667. The summed E-state index contributed by atoms with van der Waals surface area (Å²) in [6.07, 6.45) is 5.25. The van der Waals surface area contributed by atoms with Gasteiger partial charge >= 0.3 is 0 Å². The number of nitrogens with zero attached hydrogens (tertiary/aromatic N) is 3. The molecule has 5 nitrogen and oxygen atoms in total. The van der Waals surface area contributed by atoms with E-state index in [9.17, 15) is 4.79 Å². The number of rotatable bonds is 3. The molecule has 0 spiro atoms. The van der Waals surface area contributed by atoms with Gasteiger partial charge in [0.05, 0.1) is 6.20 Å².